The molecule has 1 atom stereocenters. The van der Waals surface area contributed by atoms with Crippen LogP contribution in [0.4, 0.5) is 0 Å². The molecule has 0 aliphatic rings. The van der Waals surface area contributed by atoms with E-state index in [1.54, 1.807) is 17.5 Å². The largest absolute Gasteiger partial charge is 0.330 e. The van der Waals surface area contributed by atoms with Gasteiger partial charge in [-0.2, -0.15) is 5.10 Å². The lowest BCUT2D eigenvalue weighted by atomic mass is 9.85. The van der Waals surface area contributed by atoms with E-state index in [0.717, 1.165) is 28.1 Å². The van der Waals surface area contributed by atoms with Crippen LogP contribution in [0.25, 0.3) is 21.6 Å². The van der Waals surface area contributed by atoms with Crippen LogP contribution in [0.2, 0.25) is 5.15 Å². The van der Waals surface area contributed by atoms with Crippen molar-refractivity contribution in [3.8, 4) is 10.6 Å². The minimum absolute atomic E-state index is 0.0961. The zero-order valence-corrected chi connectivity index (χ0v) is 13.4. The first-order chi connectivity index (χ1) is 10.1. The van der Waals surface area contributed by atoms with Crippen LogP contribution in [0.5, 0.6) is 0 Å². The van der Waals surface area contributed by atoms with Gasteiger partial charge in [-0.15, -0.1) is 11.3 Å². The van der Waals surface area contributed by atoms with Crippen LogP contribution in [-0.2, 0) is 5.41 Å². The molecule has 0 bridgehead atoms. The molecule has 0 aliphatic heterocycles. The van der Waals surface area contributed by atoms with Crippen molar-refractivity contribution in [1.29, 1.82) is 0 Å². The lowest BCUT2D eigenvalue weighted by molar-refractivity contribution is 0.456. The lowest BCUT2D eigenvalue weighted by Crippen LogP contribution is -2.31. The van der Waals surface area contributed by atoms with Gasteiger partial charge < -0.3 is 5.73 Å². The van der Waals surface area contributed by atoms with Gasteiger partial charge >= 0.3 is 0 Å². The van der Waals surface area contributed by atoms with Crippen molar-refractivity contribution >= 4 is 34.0 Å². The number of thiazole rings is 1. The Bertz CT molecular complexity index is 775. The molecule has 0 aromatic carbocycles. The van der Waals surface area contributed by atoms with E-state index in [2.05, 4.69) is 34.4 Å². The number of aromatic amines is 1. The SMILES string of the molecule is CCC(C)(CN)c1csc(-c2ccnc3n[nH]c(Cl)c23)n1. The zero-order valence-electron chi connectivity index (χ0n) is 11.9. The van der Waals surface area contributed by atoms with E-state index in [4.69, 9.17) is 22.3 Å². The third-order valence-corrected chi connectivity index (χ3v) is 5.14. The molecule has 0 fully saturated rings. The maximum absolute atomic E-state index is 6.18. The Labute approximate surface area is 131 Å². The average molecular weight is 322 g/mol. The molecule has 0 amide bonds. The second-order valence-electron chi connectivity index (χ2n) is 5.25. The molecule has 3 aromatic heterocycles. The number of nitrogens with two attached hydrogens (primary N) is 1. The van der Waals surface area contributed by atoms with Crippen LogP contribution < -0.4 is 5.73 Å². The van der Waals surface area contributed by atoms with Crippen molar-refractivity contribution in [3.05, 3.63) is 28.5 Å². The van der Waals surface area contributed by atoms with Gasteiger partial charge in [-0.3, -0.25) is 5.10 Å². The molecule has 3 N–H and O–H groups in total. The standard InChI is InChI=1S/C14H16ClN5S/c1-3-14(2,7-16)9-6-21-13(18-9)8-4-5-17-12-10(8)11(15)19-20-12/h4-6H,3,7,16H2,1-2H3,(H,17,19,20). The third-order valence-electron chi connectivity index (χ3n) is 3.99. The monoisotopic (exact) mass is 321 g/mol. The average Bonchev–Trinajstić information content (AvgIpc) is 3.14. The molecule has 3 aromatic rings. The number of hydrogen-bond donors (Lipinski definition) is 2. The van der Waals surface area contributed by atoms with Gasteiger partial charge in [0.15, 0.2) is 5.65 Å². The molecule has 5 nitrogen and oxygen atoms in total. The lowest BCUT2D eigenvalue weighted by Gasteiger charge is -2.23. The molecule has 0 spiro atoms. The molecule has 110 valence electrons. The molecule has 3 heterocycles. The third kappa shape index (κ3) is 2.33. The molecule has 3 rings (SSSR count). The van der Waals surface area contributed by atoms with Crippen molar-refractivity contribution in [2.45, 2.75) is 25.7 Å². The van der Waals surface area contributed by atoms with Crippen molar-refractivity contribution < 1.29 is 0 Å². The first-order valence-electron chi connectivity index (χ1n) is 6.74. The molecule has 0 radical (unpaired) electrons. The summed E-state index contributed by atoms with van der Waals surface area (Å²) in [6, 6.07) is 1.91. The van der Waals surface area contributed by atoms with Crippen LogP contribution in [0, 0.1) is 0 Å². The molecule has 0 saturated heterocycles. The molecule has 0 saturated carbocycles. The van der Waals surface area contributed by atoms with Crippen molar-refractivity contribution in [1.82, 2.24) is 20.2 Å². The number of halogens is 1. The Kier molecular flexibility index (Phi) is 3.69. The highest BCUT2D eigenvalue weighted by Crippen LogP contribution is 2.36. The Morgan fingerprint density at radius 3 is 3.00 bits per heavy atom. The van der Waals surface area contributed by atoms with Gasteiger partial charge in [-0.1, -0.05) is 25.4 Å². The van der Waals surface area contributed by atoms with Crippen LogP contribution in [0.15, 0.2) is 17.6 Å². The highest BCUT2D eigenvalue weighted by atomic mass is 35.5. The fourth-order valence-electron chi connectivity index (χ4n) is 2.19. The zero-order chi connectivity index (χ0) is 15.0. The summed E-state index contributed by atoms with van der Waals surface area (Å²) in [5.74, 6) is 0. The second kappa shape index (κ2) is 5.36. The number of pyridine rings is 1. The molecule has 1 unspecified atom stereocenters. The van der Waals surface area contributed by atoms with Gasteiger partial charge in [0.2, 0.25) is 0 Å². The van der Waals surface area contributed by atoms with Gasteiger partial charge in [-0.05, 0) is 12.5 Å². The summed E-state index contributed by atoms with van der Waals surface area (Å²) in [6.07, 6.45) is 2.67. The smallest absolute Gasteiger partial charge is 0.183 e. The summed E-state index contributed by atoms with van der Waals surface area (Å²) in [6.45, 7) is 4.84. The summed E-state index contributed by atoms with van der Waals surface area (Å²) < 4.78 is 0. The minimum Gasteiger partial charge on any atom is -0.330 e. The normalized spacial score (nSPS) is 14.5. The van der Waals surface area contributed by atoms with Gasteiger partial charge in [0.05, 0.1) is 11.1 Å². The van der Waals surface area contributed by atoms with Crippen molar-refractivity contribution in [3.63, 3.8) is 0 Å². The first-order valence-corrected chi connectivity index (χ1v) is 8.00. The first kappa shape index (κ1) is 14.4. The van der Waals surface area contributed by atoms with Crippen molar-refractivity contribution in [2.75, 3.05) is 6.54 Å². The summed E-state index contributed by atoms with van der Waals surface area (Å²) in [5.41, 5.74) is 8.40. The highest BCUT2D eigenvalue weighted by Gasteiger charge is 2.26. The Morgan fingerprint density at radius 1 is 1.48 bits per heavy atom. The minimum atomic E-state index is -0.0961. The number of nitrogens with zero attached hydrogens (tertiary/aromatic N) is 3. The quantitative estimate of drug-likeness (QED) is 0.772. The molecular formula is C14H16ClN5S. The Balaban J connectivity index is 2.13. The fraction of sp³-hybridized carbons (Fsp3) is 0.357. The van der Waals surface area contributed by atoms with E-state index in [1.807, 2.05) is 6.07 Å². The van der Waals surface area contributed by atoms with E-state index >= 15 is 0 Å². The molecule has 21 heavy (non-hydrogen) atoms. The highest BCUT2D eigenvalue weighted by molar-refractivity contribution is 7.13. The molecule has 0 aliphatic carbocycles. The summed E-state index contributed by atoms with van der Waals surface area (Å²) in [4.78, 5) is 8.98. The molecule has 7 heteroatoms. The number of H-pyrrole nitrogens is 1. The van der Waals surface area contributed by atoms with E-state index in [1.165, 1.54) is 0 Å². The fourth-order valence-corrected chi connectivity index (χ4v) is 3.43. The van der Waals surface area contributed by atoms with Gasteiger partial charge in [-0.25, -0.2) is 9.97 Å². The number of nitrogens with one attached hydrogen (secondary N) is 1. The van der Waals surface area contributed by atoms with Crippen LogP contribution in [0.3, 0.4) is 0 Å². The van der Waals surface area contributed by atoms with Gasteiger partial charge in [0.1, 0.15) is 10.2 Å². The van der Waals surface area contributed by atoms with Gasteiger partial charge in [0, 0.05) is 29.1 Å². The second-order valence-corrected chi connectivity index (χ2v) is 6.49. The van der Waals surface area contributed by atoms with Gasteiger partial charge in [0.25, 0.3) is 0 Å². The van der Waals surface area contributed by atoms with Crippen molar-refractivity contribution in [2.24, 2.45) is 5.73 Å². The topological polar surface area (TPSA) is 80.5 Å². The number of fused-ring (bicyclic) bond motifs is 1. The predicted molar refractivity (Wildman–Crippen MR) is 86.7 cm³/mol. The number of aromatic nitrogens is 4. The van der Waals surface area contributed by atoms with Crippen LogP contribution in [0.1, 0.15) is 26.0 Å². The summed E-state index contributed by atoms with van der Waals surface area (Å²) in [7, 11) is 0. The van der Waals surface area contributed by atoms with Crippen LogP contribution in [-0.4, -0.2) is 26.7 Å². The van der Waals surface area contributed by atoms with E-state index < -0.39 is 0 Å². The Morgan fingerprint density at radius 2 is 2.29 bits per heavy atom. The summed E-state index contributed by atoms with van der Waals surface area (Å²) >= 11 is 7.77. The Hall–Kier alpha value is -1.50. The number of rotatable bonds is 4. The summed E-state index contributed by atoms with van der Waals surface area (Å²) in [5, 5.41) is 11.1. The van der Waals surface area contributed by atoms with Crippen LogP contribution >= 0.6 is 22.9 Å². The predicted octanol–water partition coefficient (Wildman–Crippen LogP) is 3.36. The molecular weight excluding hydrogens is 306 g/mol. The maximum atomic E-state index is 6.18. The van der Waals surface area contributed by atoms with E-state index in [9.17, 15) is 0 Å². The maximum Gasteiger partial charge on any atom is 0.183 e. The van der Waals surface area contributed by atoms with E-state index in [-0.39, 0.29) is 5.41 Å². The van der Waals surface area contributed by atoms with E-state index in [0.29, 0.717) is 17.3 Å². The number of hydrogen-bond acceptors (Lipinski definition) is 5.